The van der Waals surface area contributed by atoms with Gasteiger partial charge in [0.2, 0.25) is 0 Å². The van der Waals surface area contributed by atoms with E-state index in [1.54, 1.807) is 14.0 Å². The van der Waals surface area contributed by atoms with Crippen molar-refractivity contribution in [3.8, 4) is 17.6 Å². The molecule has 27 heavy (non-hydrogen) atoms. The Kier molecular flexibility index (Phi) is 6.33. The number of piperidine rings is 1. The van der Waals surface area contributed by atoms with Crippen LogP contribution in [-0.4, -0.2) is 26.0 Å². The van der Waals surface area contributed by atoms with E-state index in [1.807, 2.05) is 36.4 Å². The smallest absolute Gasteiger partial charge is 0.168 e. The zero-order valence-corrected chi connectivity index (χ0v) is 16.0. The van der Waals surface area contributed by atoms with Crippen LogP contribution in [0.4, 0.5) is 5.69 Å². The van der Waals surface area contributed by atoms with Crippen LogP contribution in [0.2, 0.25) is 0 Å². The van der Waals surface area contributed by atoms with Gasteiger partial charge in [-0.3, -0.25) is 4.79 Å². The van der Waals surface area contributed by atoms with Gasteiger partial charge in [-0.1, -0.05) is 30.0 Å². The molecule has 3 rings (SSSR count). The van der Waals surface area contributed by atoms with Crippen molar-refractivity contribution in [1.82, 2.24) is 0 Å². The molecule has 2 aromatic rings. The predicted molar refractivity (Wildman–Crippen MR) is 111 cm³/mol. The maximum absolute atomic E-state index is 12.2. The lowest BCUT2D eigenvalue weighted by molar-refractivity contribution is -0.113. The molecular formula is C24H25NO2. The second kappa shape index (κ2) is 9.09. The maximum Gasteiger partial charge on any atom is 0.168 e. The van der Waals surface area contributed by atoms with E-state index in [2.05, 4.69) is 34.9 Å². The highest BCUT2D eigenvalue weighted by Crippen LogP contribution is 2.26. The number of hydrogen-bond acceptors (Lipinski definition) is 3. The van der Waals surface area contributed by atoms with Crippen LogP contribution < -0.4 is 9.64 Å². The molecule has 3 heteroatoms. The third-order valence-electron chi connectivity index (χ3n) is 4.74. The topological polar surface area (TPSA) is 29.5 Å². The number of Topliss-reactive ketones (excluding diaryl/α,β-unsaturated/α-hetero) is 1. The van der Waals surface area contributed by atoms with E-state index in [1.165, 1.54) is 24.9 Å². The molecule has 0 N–H and O–H groups in total. The molecule has 0 amide bonds. The second-order valence-electron chi connectivity index (χ2n) is 6.70. The molecule has 0 spiro atoms. The number of anilines is 1. The highest BCUT2D eigenvalue weighted by Gasteiger charge is 2.14. The minimum atomic E-state index is -0.0236. The first-order valence-electron chi connectivity index (χ1n) is 9.40. The van der Waals surface area contributed by atoms with Gasteiger partial charge in [-0.05, 0) is 68.2 Å². The van der Waals surface area contributed by atoms with Gasteiger partial charge >= 0.3 is 0 Å². The Morgan fingerprint density at radius 1 is 1.04 bits per heavy atom. The largest absolute Gasteiger partial charge is 0.497 e. The Hall–Kier alpha value is -2.99. The zero-order valence-electron chi connectivity index (χ0n) is 16.0. The van der Waals surface area contributed by atoms with Gasteiger partial charge in [-0.15, -0.1) is 0 Å². The Balaban J connectivity index is 1.90. The van der Waals surface area contributed by atoms with Crippen molar-refractivity contribution in [3.63, 3.8) is 0 Å². The first-order valence-corrected chi connectivity index (χ1v) is 9.40. The van der Waals surface area contributed by atoms with E-state index in [9.17, 15) is 4.79 Å². The second-order valence-corrected chi connectivity index (χ2v) is 6.70. The van der Waals surface area contributed by atoms with Crippen molar-refractivity contribution in [3.05, 3.63) is 65.2 Å². The van der Waals surface area contributed by atoms with Crippen LogP contribution in [0.1, 0.15) is 37.3 Å². The minimum absolute atomic E-state index is 0.0236. The molecule has 2 aromatic carbocycles. The molecule has 1 saturated heterocycles. The van der Waals surface area contributed by atoms with Crippen molar-refractivity contribution in [2.45, 2.75) is 26.2 Å². The number of ketones is 1. The van der Waals surface area contributed by atoms with Crippen molar-refractivity contribution in [1.29, 1.82) is 0 Å². The summed E-state index contributed by atoms with van der Waals surface area (Å²) in [7, 11) is 1.64. The molecule has 0 aliphatic carbocycles. The SMILES string of the molecule is COc1ccc(C#C/C(=C\c2ccccc2N2CCCCC2)C(C)=O)cc1. The standard InChI is InChI=1S/C24H25NO2/c1-19(26)21(13-10-20-11-14-23(27-2)15-12-20)18-22-8-4-5-9-24(22)25-16-6-3-7-17-25/h4-5,8-9,11-12,14-15,18H,3,6-7,16-17H2,1-2H3/b21-18+. The average Bonchev–Trinajstić information content (AvgIpc) is 2.72. The number of para-hydroxylation sites is 1. The number of methoxy groups -OCH3 is 1. The lowest BCUT2D eigenvalue weighted by atomic mass is 10.0. The van der Waals surface area contributed by atoms with E-state index >= 15 is 0 Å². The number of benzene rings is 2. The molecule has 1 fully saturated rings. The minimum Gasteiger partial charge on any atom is -0.497 e. The van der Waals surface area contributed by atoms with Crippen molar-refractivity contribution >= 4 is 17.5 Å². The molecule has 3 nitrogen and oxygen atoms in total. The molecule has 0 aromatic heterocycles. The summed E-state index contributed by atoms with van der Waals surface area (Å²) >= 11 is 0. The van der Waals surface area contributed by atoms with Crippen LogP contribution in [0.15, 0.2) is 54.1 Å². The number of hydrogen-bond donors (Lipinski definition) is 0. The summed E-state index contributed by atoms with van der Waals surface area (Å²) in [6.45, 7) is 3.70. The third-order valence-corrected chi connectivity index (χ3v) is 4.74. The van der Waals surface area contributed by atoms with Crippen LogP contribution in [0, 0.1) is 11.8 Å². The third kappa shape index (κ3) is 5.01. The fourth-order valence-electron chi connectivity index (χ4n) is 3.23. The molecular weight excluding hydrogens is 334 g/mol. The lowest BCUT2D eigenvalue weighted by Crippen LogP contribution is -2.29. The number of ether oxygens (including phenoxy) is 1. The Labute approximate surface area is 161 Å². The van der Waals surface area contributed by atoms with Gasteiger partial charge in [0.15, 0.2) is 5.78 Å². The van der Waals surface area contributed by atoms with Crippen molar-refractivity contribution < 1.29 is 9.53 Å². The molecule has 0 bridgehead atoms. The van der Waals surface area contributed by atoms with Gasteiger partial charge in [0.05, 0.1) is 12.7 Å². The van der Waals surface area contributed by atoms with Crippen LogP contribution in [0.5, 0.6) is 5.75 Å². The first-order chi connectivity index (χ1) is 13.2. The van der Waals surface area contributed by atoms with E-state index in [0.717, 1.165) is 30.0 Å². The molecule has 1 aliphatic rings. The molecule has 1 aliphatic heterocycles. The van der Waals surface area contributed by atoms with Crippen molar-refractivity contribution in [2.75, 3.05) is 25.1 Å². The molecule has 0 atom stereocenters. The van der Waals surface area contributed by atoms with Crippen LogP contribution >= 0.6 is 0 Å². The van der Waals surface area contributed by atoms with Gasteiger partial charge in [0, 0.05) is 24.3 Å². The number of allylic oxidation sites excluding steroid dienone is 1. The average molecular weight is 359 g/mol. The zero-order chi connectivity index (χ0) is 19.1. The number of nitrogens with zero attached hydrogens (tertiary/aromatic N) is 1. The summed E-state index contributed by atoms with van der Waals surface area (Å²) in [5, 5.41) is 0. The highest BCUT2D eigenvalue weighted by molar-refractivity contribution is 6.03. The van der Waals surface area contributed by atoms with Gasteiger partial charge in [0.1, 0.15) is 5.75 Å². The quantitative estimate of drug-likeness (QED) is 0.585. The summed E-state index contributed by atoms with van der Waals surface area (Å²) in [6, 6.07) is 15.8. The fraction of sp³-hybridized carbons (Fsp3) is 0.292. The van der Waals surface area contributed by atoms with Gasteiger partial charge < -0.3 is 9.64 Å². The van der Waals surface area contributed by atoms with Gasteiger partial charge in [-0.25, -0.2) is 0 Å². The summed E-state index contributed by atoms with van der Waals surface area (Å²) in [5.41, 5.74) is 3.61. The molecule has 1 heterocycles. The van der Waals surface area contributed by atoms with Crippen LogP contribution in [-0.2, 0) is 4.79 Å². The molecule has 0 saturated carbocycles. The van der Waals surface area contributed by atoms with E-state index in [-0.39, 0.29) is 5.78 Å². The lowest BCUT2D eigenvalue weighted by Gasteiger charge is -2.30. The monoisotopic (exact) mass is 359 g/mol. The Bertz CT molecular complexity index is 879. The summed E-state index contributed by atoms with van der Waals surface area (Å²) in [6.07, 6.45) is 5.65. The van der Waals surface area contributed by atoms with E-state index < -0.39 is 0 Å². The number of carbonyl (C=O) groups is 1. The molecule has 0 unspecified atom stereocenters. The maximum atomic E-state index is 12.2. The summed E-state index contributed by atoms with van der Waals surface area (Å²) in [5.74, 6) is 6.91. The normalized spacial score (nSPS) is 14.3. The first kappa shape index (κ1) is 18.8. The van der Waals surface area contributed by atoms with Crippen LogP contribution in [0.3, 0.4) is 0 Å². The predicted octanol–water partition coefficient (Wildman–Crippen LogP) is 4.71. The number of rotatable bonds is 4. The Morgan fingerprint density at radius 2 is 1.74 bits per heavy atom. The van der Waals surface area contributed by atoms with E-state index in [0.29, 0.717) is 5.57 Å². The molecule has 138 valence electrons. The summed E-state index contributed by atoms with van der Waals surface area (Å²) < 4.78 is 5.16. The molecule has 0 radical (unpaired) electrons. The van der Waals surface area contributed by atoms with Gasteiger partial charge in [-0.2, -0.15) is 0 Å². The fourth-order valence-corrected chi connectivity index (χ4v) is 3.23. The number of carbonyl (C=O) groups excluding carboxylic acids is 1. The van der Waals surface area contributed by atoms with Crippen LogP contribution in [0.25, 0.3) is 6.08 Å². The van der Waals surface area contributed by atoms with Gasteiger partial charge in [0.25, 0.3) is 0 Å². The van der Waals surface area contributed by atoms with E-state index in [4.69, 9.17) is 4.74 Å². The van der Waals surface area contributed by atoms with Crippen molar-refractivity contribution in [2.24, 2.45) is 0 Å². The highest BCUT2D eigenvalue weighted by atomic mass is 16.5. The summed E-state index contributed by atoms with van der Waals surface area (Å²) in [4.78, 5) is 14.6. The Morgan fingerprint density at radius 3 is 2.41 bits per heavy atom.